The van der Waals surface area contributed by atoms with Gasteiger partial charge in [0.2, 0.25) is 0 Å². The number of benzene rings is 1. The summed E-state index contributed by atoms with van der Waals surface area (Å²) in [6.45, 7) is 0. The predicted molar refractivity (Wildman–Crippen MR) is 83.6 cm³/mol. The molecule has 112 valence electrons. The van der Waals surface area contributed by atoms with E-state index in [1.54, 1.807) is 0 Å². The van der Waals surface area contributed by atoms with E-state index < -0.39 is 26.4 Å². The molecule has 0 fully saturated rings. The first-order chi connectivity index (χ1) is 9.74. The van der Waals surface area contributed by atoms with E-state index in [0.29, 0.717) is 0 Å². The van der Waals surface area contributed by atoms with E-state index in [1.807, 2.05) is 0 Å². The number of nitrogens with zero attached hydrogens (tertiary/aromatic N) is 1. The lowest BCUT2D eigenvalue weighted by atomic mass is 10.3. The molecule has 0 aliphatic carbocycles. The zero-order valence-electron chi connectivity index (χ0n) is 10.1. The summed E-state index contributed by atoms with van der Waals surface area (Å²) < 4.78 is 40.7. The molecule has 0 atom stereocenters. The highest BCUT2D eigenvalue weighted by molar-refractivity contribution is 9.10. The quantitative estimate of drug-likeness (QED) is 0.455. The Morgan fingerprint density at radius 3 is 2.67 bits per heavy atom. The number of nitrogens with two attached hydrogens (primary N) is 1. The van der Waals surface area contributed by atoms with Crippen molar-refractivity contribution in [3.63, 3.8) is 0 Å². The van der Waals surface area contributed by atoms with E-state index in [4.69, 9.17) is 28.9 Å². The predicted octanol–water partition coefficient (Wildman–Crippen LogP) is 3.67. The third kappa shape index (κ3) is 3.23. The maximum absolute atomic E-state index is 14.1. The van der Waals surface area contributed by atoms with Crippen LogP contribution in [-0.2, 0) is 10.0 Å². The second-order valence-corrected chi connectivity index (χ2v) is 7.05. The monoisotopic (exact) mass is 413 g/mol. The molecule has 3 N–H and O–H groups in total. The number of hydrogen-bond acceptors (Lipinski definition) is 4. The molecule has 5 nitrogen and oxygen atoms in total. The van der Waals surface area contributed by atoms with Crippen molar-refractivity contribution in [3.05, 3.63) is 44.9 Å². The average Bonchev–Trinajstić information content (AvgIpc) is 2.42. The molecule has 1 aromatic carbocycles. The van der Waals surface area contributed by atoms with Gasteiger partial charge >= 0.3 is 0 Å². The van der Waals surface area contributed by atoms with Crippen molar-refractivity contribution in [2.75, 3.05) is 10.5 Å². The van der Waals surface area contributed by atoms with Gasteiger partial charge in [0, 0.05) is 6.20 Å². The number of sulfonamides is 1. The van der Waals surface area contributed by atoms with Crippen LogP contribution in [0.15, 0.2) is 33.8 Å². The summed E-state index contributed by atoms with van der Waals surface area (Å²) in [6, 6.07) is 3.81. The summed E-state index contributed by atoms with van der Waals surface area (Å²) in [5, 5.41) is -0.107. The van der Waals surface area contributed by atoms with Gasteiger partial charge in [0.15, 0.2) is 11.0 Å². The van der Waals surface area contributed by atoms with Crippen LogP contribution >= 0.6 is 39.1 Å². The van der Waals surface area contributed by atoms with Crippen molar-refractivity contribution in [2.24, 2.45) is 0 Å². The van der Waals surface area contributed by atoms with Crippen molar-refractivity contribution in [1.82, 2.24) is 4.98 Å². The van der Waals surface area contributed by atoms with Crippen LogP contribution in [-0.4, -0.2) is 13.4 Å². The molecule has 0 radical (unpaired) electrons. The van der Waals surface area contributed by atoms with Gasteiger partial charge in [-0.25, -0.2) is 17.8 Å². The van der Waals surface area contributed by atoms with Gasteiger partial charge < -0.3 is 5.73 Å². The van der Waals surface area contributed by atoms with Gasteiger partial charge in [-0.15, -0.1) is 0 Å². The Hall–Kier alpha value is -1.09. The minimum Gasteiger partial charge on any atom is -0.395 e. The van der Waals surface area contributed by atoms with Crippen LogP contribution in [0, 0.1) is 5.82 Å². The molecule has 0 aliphatic rings. The topological polar surface area (TPSA) is 85.1 Å². The summed E-state index contributed by atoms with van der Waals surface area (Å²) in [5.74, 6) is -1.11. The smallest absolute Gasteiger partial charge is 0.265 e. The number of pyridine rings is 1. The highest BCUT2D eigenvalue weighted by atomic mass is 79.9. The van der Waals surface area contributed by atoms with Gasteiger partial charge in [0.25, 0.3) is 10.0 Å². The third-order valence-corrected chi connectivity index (χ3v) is 5.50. The highest BCUT2D eigenvalue weighted by Crippen LogP contribution is 2.35. The molecule has 0 saturated heterocycles. The fourth-order valence-corrected chi connectivity index (χ4v) is 3.43. The molecule has 1 heterocycles. The van der Waals surface area contributed by atoms with Crippen molar-refractivity contribution in [3.8, 4) is 0 Å². The maximum atomic E-state index is 14.1. The number of hydrogen-bond donors (Lipinski definition) is 2. The summed E-state index contributed by atoms with van der Waals surface area (Å²) in [4.78, 5) is 3.03. The molecular formula is C11H7BrCl2FN3O2S. The van der Waals surface area contributed by atoms with Crippen LogP contribution in [0.2, 0.25) is 10.2 Å². The van der Waals surface area contributed by atoms with E-state index >= 15 is 0 Å². The van der Waals surface area contributed by atoms with E-state index in [1.165, 1.54) is 18.3 Å². The number of nitrogen functional groups attached to an aromatic ring is 1. The molecule has 0 amide bonds. The van der Waals surface area contributed by atoms with E-state index in [-0.39, 0.29) is 20.3 Å². The lowest BCUT2D eigenvalue weighted by Gasteiger charge is -2.12. The van der Waals surface area contributed by atoms with Crippen molar-refractivity contribution in [1.29, 1.82) is 0 Å². The van der Waals surface area contributed by atoms with Crippen molar-refractivity contribution in [2.45, 2.75) is 4.90 Å². The van der Waals surface area contributed by atoms with Gasteiger partial charge in [0.1, 0.15) is 4.90 Å². The first kappa shape index (κ1) is 16.3. The van der Waals surface area contributed by atoms with Crippen LogP contribution in [0.3, 0.4) is 0 Å². The Kier molecular flexibility index (Phi) is 4.62. The Labute approximate surface area is 138 Å². The average molecular weight is 415 g/mol. The van der Waals surface area contributed by atoms with Gasteiger partial charge in [-0.3, -0.25) is 4.72 Å². The molecule has 2 rings (SSSR count). The number of nitrogens with one attached hydrogen (secondary N) is 1. The maximum Gasteiger partial charge on any atom is 0.265 e. The summed E-state index contributed by atoms with van der Waals surface area (Å²) >= 11 is 14.5. The van der Waals surface area contributed by atoms with Crippen LogP contribution in [0.1, 0.15) is 0 Å². The molecule has 2 aromatic rings. The summed E-state index contributed by atoms with van der Waals surface area (Å²) in [6.07, 6.45) is 1.38. The minimum atomic E-state index is -4.26. The Bertz CT molecular complexity index is 817. The van der Waals surface area contributed by atoms with Crippen LogP contribution < -0.4 is 10.5 Å². The van der Waals surface area contributed by atoms with Gasteiger partial charge in [0.05, 0.1) is 20.9 Å². The Morgan fingerprint density at radius 2 is 2.05 bits per heavy atom. The largest absolute Gasteiger partial charge is 0.395 e. The van der Waals surface area contributed by atoms with Gasteiger partial charge in [-0.05, 0) is 34.1 Å². The molecule has 0 unspecified atom stereocenters. The molecule has 0 aliphatic heterocycles. The number of anilines is 2. The third-order valence-electron chi connectivity index (χ3n) is 2.45. The molecule has 21 heavy (non-hydrogen) atoms. The molecular weight excluding hydrogens is 408 g/mol. The number of halogens is 4. The van der Waals surface area contributed by atoms with Crippen LogP contribution in [0.4, 0.5) is 15.8 Å². The van der Waals surface area contributed by atoms with Crippen molar-refractivity contribution >= 4 is 60.5 Å². The van der Waals surface area contributed by atoms with E-state index in [2.05, 4.69) is 25.6 Å². The zero-order chi connectivity index (χ0) is 15.8. The number of rotatable bonds is 3. The lowest BCUT2D eigenvalue weighted by molar-refractivity contribution is 0.572. The molecule has 0 spiro atoms. The van der Waals surface area contributed by atoms with Crippen LogP contribution in [0.25, 0.3) is 0 Å². The highest BCUT2D eigenvalue weighted by Gasteiger charge is 2.25. The van der Waals surface area contributed by atoms with Gasteiger partial charge in [-0.2, -0.15) is 0 Å². The molecule has 1 aromatic heterocycles. The van der Waals surface area contributed by atoms with Crippen molar-refractivity contribution < 1.29 is 12.8 Å². The second kappa shape index (κ2) is 5.96. The Morgan fingerprint density at radius 1 is 1.38 bits per heavy atom. The summed E-state index contributed by atoms with van der Waals surface area (Å²) in [7, 11) is -4.26. The normalized spacial score (nSPS) is 11.4. The Balaban J connectivity index is 2.53. The molecule has 0 bridgehead atoms. The first-order valence-corrected chi connectivity index (χ1v) is 8.33. The molecule has 0 saturated carbocycles. The zero-order valence-corrected chi connectivity index (χ0v) is 14.0. The lowest BCUT2D eigenvalue weighted by Crippen LogP contribution is -2.16. The van der Waals surface area contributed by atoms with Crippen LogP contribution in [0.5, 0.6) is 0 Å². The van der Waals surface area contributed by atoms with Gasteiger partial charge in [-0.1, -0.05) is 23.2 Å². The second-order valence-electron chi connectivity index (χ2n) is 3.85. The SMILES string of the molecule is Nc1c(F)c(S(=O)(=O)Nc2cccnc2Cl)cc(Cl)c1Br. The fraction of sp³-hybridized carbons (Fsp3) is 0. The minimum absolute atomic E-state index is 0.0104. The fourth-order valence-electron chi connectivity index (χ4n) is 1.46. The van der Waals surface area contributed by atoms with E-state index in [9.17, 15) is 12.8 Å². The van der Waals surface area contributed by atoms with E-state index in [0.717, 1.165) is 6.07 Å². The molecule has 10 heteroatoms. The summed E-state index contributed by atoms with van der Waals surface area (Å²) in [5.41, 5.74) is 5.07. The standard InChI is InChI=1S/C11H7BrCl2FN3O2S/c12-8-5(13)4-7(9(15)10(8)16)21(19,20)18-6-2-1-3-17-11(6)14/h1-4,18H,16H2. The number of aromatic nitrogens is 1. The first-order valence-electron chi connectivity index (χ1n) is 5.30.